The SMILES string of the molecule is C=C(C)C(=O)OC(N=O)C(CC)CCCCCCCCCC. The molecule has 0 N–H and O–H groups in total. The van der Waals surface area contributed by atoms with E-state index in [1.807, 2.05) is 6.92 Å². The first-order valence-electron chi connectivity index (χ1n) is 8.75. The number of esters is 1. The molecule has 0 saturated carbocycles. The third-order valence-electron chi connectivity index (χ3n) is 4.04. The van der Waals surface area contributed by atoms with Crippen molar-refractivity contribution in [1.29, 1.82) is 0 Å². The average molecular weight is 311 g/mol. The van der Waals surface area contributed by atoms with Crippen LogP contribution in [0.3, 0.4) is 0 Å². The Bertz CT molecular complexity index is 328. The van der Waals surface area contributed by atoms with E-state index in [1.54, 1.807) is 6.92 Å². The third kappa shape index (κ3) is 9.69. The Kier molecular flexibility index (Phi) is 12.7. The number of hydrogen-bond donors (Lipinski definition) is 0. The van der Waals surface area contributed by atoms with Gasteiger partial charge >= 0.3 is 5.97 Å². The van der Waals surface area contributed by atoms with Crippen molar-refractivity contribution in [2.24, 2.45) is 11.1 Å². The van der Waals surface area contributed by atoms with E-state index in [0.29, 0.717) is 5.57 Å². The maximum Gasteiger partial charge on any atom is 0.335 e. The van der Waals surface area contributed by atoms with Crippen LogP contribution in [0, 0.1) is 10.8 Å². The van der Waals surface area contributed by atoms with Gasteiger partial charge in [0.05, 0.1) is 0 Å². The van der Waals surface area contributed by atoms with Crippen molar-refractivity contribution in [3.8, 4) is 0 Å². The van der Waals surface area contributed by atoms with Crippen molar-refractivity contribution in [3.63, 3.8) is 0 Å². The smallest absolute Gasteiger partial charge is 0.335 e. The van der Waals surface area contributed by atoms with Crippen molar-refractivity contribution < 1.29 is 9.53 Å². The highest BCUT2D eigenvalue weighted by atomic mass is 16.6. The maximum absolute atomic E-state index is 11.5. The van der Waals surface area contributed by atoms with Crippen LogP contribution in [0.25, 0.3) is 0 Å². The zero-order valence-corrected chi connectivity index (χ0v) is 14.6. The molecule has 0 fully saturated rings. The molecule has 2 atom stereocenters. The fourth-order valence-corrected chi connectivity index (χ4v) is 2.50. The molecular formula is C18H33NO3. The van der Waals surface area contributed by atoms with Gasteiger partial charge in [0.1, 0.15) is 0 Å². The molecule has 2 unspecified atom stereocenters. The fraction of sp³-hybridized carbons (Fsp3) is 0.833. The molecule has 0 rings (SSSR count). The molecule has 22 heavy (non-hydrogen) atoms. The zero-order valence-electron chi connectivity index (χ0n) is 14.6. The molecule has 0 aliphatic carbocycles. The normalized spacial score (nSPS) is 13.4. The number of hydrogen-bond acceptors (Lipinski definition) is 4. The molecule has 0 amide bonds. The Hall–Kier alpha value is -1.19. The second kappa shape index (κ2) is 13.5. The molecule has 0 aromatic carbocycles. The van der Waals surface area contributed by atoms with Gasteiger partial charge in [-0.25, -0.2) is 4.79 Å². The van der Waals surface area contributed by atoms with Crippen LogP contribution in [0.5, 0.6) is 0 Å². The Morgan fingerprint density at radius 1 is 1.05 bits per heavy atom. The summed E-state index contributed by atoms with van der Waals surface area (Å²) in [5.74, 6) is -0.514. The molecule has 128 valence electrons. The van der Waals surface area contributed by atoms with Gasteiger partial charge in [-0.1, -0.05) is 71.8 Å². The van der Waals surface area contributed by atoms with E-state index in [2.05, 4.69) is 18.7 Å². The van der Waals surface area contributed by atoms with E-state index in [9.17, 15) is 9.70 Å². The molecule has 0 radical (unpaired) electrons. The summed E-state index contributed by atoms with van der Waals surface area (Å²) < 4.78 is 5.12. The van der Waals surface area contributed by atoms with Gasteiger partial charge in [-0.05, 0) is 24.9 Å². The molecule has 0 aliphatic heterocycles. The van der Waals surface area contributed by atoms with Crippen LogP contribution in [-0.2, 0) is 9.53 Å². The highest BCUT2D eigenvalue weighted by Gasteiger charge is 2.24. The summed E-state index contributed by atoms with van der Waals surface area (Å²) in [5.41, 5.74) is 0.301. The van der Waals surface area contributed by atoms with Gasteiger partial charge in [-0.2, -0.15) is 0 Å². The molecule has 0 bridgehead atoms. The number of ether oxygens (including phenoxy) is 1. The summed E-state index contributed by atoms with van der Waals surface area (Å²) in [6.45, 7) is 9.33. The van der Waals surface area contributed by atoms with E-state index < -0.39 is 12.2 Å². The molecule has 4 nitrogen and oxygen atoms in total. The number of nitrogens with zero attached hydrogens (tertiary/aromatic N) is 1. The van der Waals surface area contributed by atoms with Gasteiger partial charge in [0.25, 0.3) is 0 Å². The number of nitroso groups, excluding NO2 is 1. The van der Waals surface area contributed by atoms with E-state index in [4.69, 9.17) is 4.74 Å². The molecule has 0 aromatic heterocycles. The van der Waals surface area contributed by atoms with Crippen LogP contribution < -0.4 is 0 Å². The minimum atomic E-state index is -0.876. The van der Waals surface area contributed by atoms with Crippen LogP contribution in [0.1, 0.15) is 85.0 Å². The quantitative estimate of drug-likeness (QED) is 0.177. The number of carbonyl (C=O) groups excluding carboxylic acids is 1. The molecule has 0 aromatic rings. The first kappa shape index (κ1) is 20.8. The Balaban J connectivity index is 3.95. The summed E-state index contributed by atoms with van der Waals surface area (Å²) in [4.78, 5) is 22.5. The first-order chi connectivity index (χ1) is 10.6. The Labute approximate surface area is 135 Å². The summed E-state index contributed by atoms with van der Waals surface area (Å²) in [6, 6.07) is 0. The standard InChI is InChI=1S/C18H33NO3/c1-5-7-8-9-10-11-12-13-14-16(6-2)17(19-21)22-18(20)15(3)4/h16-17H,3,5-14H2,1-2,4H3. The zero-order chi connectivity index (χ0) is 16.8. The molecule has 0 saturated heterocycles. The number of unbranched alkanes of at least 4 members (excludes halogenated alkanes) is 7. The van der Waals surface area contributed by atoms with Gasteiger partial charge in [0.2, 0.25) is 6.23 Å². The topological polar surface area (TPSA) is 55.7 Å². The lowest BCUT2D eigenvalue weighted by Gasteiger charge is -2.20. The number of rotatable bonds is 14. The summed E-state index contributed by atoms with van der Waals surface area (Å²) in [6.07, 6.45) is 10.8. The van der Waals surface area contributed by atoms with Gasteiger partial charge in [0.15, 0.2) is 0 Å². The summed E-state index contributed by atoms with van der Waals surface area (Å²) in [7, 11) is 0. The van der Waals surface area contributed by atoms with Crippen molar-refractivity contribution in [3.05, 3.63) is 17.1 Å². The van der Waals surface area contributed by atoms with Crippen LogP contribution in [0.4, 0.5) is 0 Å². The average Bonchev–Trinajstić information content (AvgIpc) is 2.51. The van der Waals surface area contributed by atoms with Gasteiger partial charge in [-0.3, -0.25) is 0 Å². The highest BCUT2D eigenvalue weighted by Crippen LogP contribution is 2.22. The van der Waals surface area contributed by atoms with Gasteiger partial charge in [0, 0.05) is 11.5 Å². The van der Waals surface area contributed by atoms with E-state index in [1.165, 1.54) is 44.9 Å². The maximum atomic E-state index is 11.5. The Morgan fingerprint density at radius 3 is 2.05 bits per heavy atom. The molecule has 4 heteroatoms. The minimum Gasteiger partial charge on any atom is -0.433 e. The predicted molar refractivity (Wildman–Crippen MR) is 91.5 cm³/mol. The molecule has 0 spiro atoms. The van der Waals surface area contributed by atoms with Gasteiger partial charge < -0.3 is 4.74 Å². The second-order valence-electron chi connectivity index (χ2n) is 6.11. The third-order valence-corrected chi connectivity index (χ3v) is 4.04. The Morgan fingerprint density at radius 2 is 1.59 bits per heavy atom. The van der Waals surface area contributed by atoms with Crippen molar-refractivity contribution in [2.45, 2.75) is 91.2 Å². The second-order valence-corrected chi connectivity index (χ2v) is 6.11. The van der Waals surface area contributed by atoms with Crippen LogP contribution in [0.15, 0.2) is 17.3 Å². The predicted octanol–water partition coefficient (Wildman–Crippen LogP) is 5.76. The fourth-order valence-electron chi connectivity index (χ4n) is 2.50. The van der Waals surface area contributed by atoms with Crippen LogP contribution >= 0.6 is 0 Å². The van der Waals surface area contributed by atoms with Crippen molar-refractivity contribution >= 4 is 5.97 Å². The molecule has 0 heterocycles. The van der Waals surface area contributed by atoms with Crippen LogP contribution in [0.2, 0.25) is 0 Å². The number of carbonyl (C=O) groups is 1. The lowest BCUT2D eigenvalue weighted by atomic mass is 9.96. The van der Waals surface area contributed by atoms with E-state index >= 15 is 0 Å². The molecular weight excluding hydrogens is 278 g/mol. The lowest BCUT2D eigenvalue weighted by molar-refractivity contribution is -0.146. The molecule has 0 aliphatic rings. The van der Waals surface area contributed by atoms with Crippen molar-refractivity contribution in [1.82, 2.24) is 0 Å². The lowest BCUT2D eigenvalue weighted by Crippen LogP contribution is -2.25. The highest BCUT2D eigenvalue weighted by molar-refractivity contribution is 5.87. The van der Waals surface area contributed by atoms with Crippen molar-refractivity contribution in [2.75, 3.05) is 0 Å². The summed E-state index contributed by atoms with van der Waals surface area (Å²) in [5, 5.41) is 3.00. The minimum absolute atomic E-state index is 0.0147. The first-order valence-corrected chi connectivity index (χ1v) is 8.75. The van der Waals surface area contributed by atoms with Crippen LogP contribution in [-0.4, -0.2) is 12.2 Å². The van der Waals surface area contributed by atoms with E-state index in [0.717, 1.165) is 19.3 Å². The van der Waals surface area contributed by atoms with Gasteiger partial charge in [-0.15, -0.1) is 4.91 Å². The van der Waals surface area contributed by atoms with E-state index in [-0.39, 0.29) is 5.92 Å². The summed E-state index contributed by atoms with van der Waals surface area (Å²) >= 11 is 0. The largest absolute Gasteiger partial charge is 0.433 e. The monoisotopic (exact) mass is 311 g/mol.